The average Bonchev–Trinajstić information content (AvgIpc) is 2.35. The van der Waals surface area contributed by atoms with E-state index in [9.17, 15) is 0 Å². The summed E-state index contributed by atoms with van der Waals surface area (Å²) in [6.45, 7) is 8.87. The van der Waals surface area contributed by atoms with Gasteiger partial charge in [0.05, 0.1) is 0 Å². The number of benzene rings is 1. The highest BCUT2D eigenvalue weighted by molar-refractivity contribution is 5.70. The van der Waals surface area contributed by atoms with E-state index in [-0.39, 0.29) is 5.41 Å². The van der Waals surface area contributed by atoms with Crippen molar-refractivity contribution in [2.75, 3.05) is 11.9 Å². The van der Waals surface area contributed by atoms with Crippen molar-refractivity contribution in [2.24, 2.45) is 0 Å². The van der Waals surface area contributed by atoms with Crippen molar-refractivity contribution in [1.29, 1.82) is 0 Å². The number of likely N-dealkylation sites (N-methyl/N-ethyl adjacent to an activating group) is 1. The van der Waals surface area contributed by atoms with Gasteiger partial charge in [-0.15, -0.1) is 0 Å². The molecule has 2 rings (SSSR count). The Balaban J connectivity index is 2.69. The highest BCUT2D eigenvalue weighted by Crippen LogP contribution is 2.46. The second kappa shape index (κ2) is 3.13. The zero-order valence-corrected chi connectivity index (χ0v) is 10.3. The Morgan fingerprint density at radius 3 is 2.53 bits per heavy atom. The van der Waals surface area contributed by atoms with Crippen molar-refractivity contribution in [3.05, 3.63) is 41.1 Å². The number of fused-ring (bicyclic) bond motifs is 1. The first-order valence-corrected chi connectivity index (χ1v) is 5.50. The van der Waals surface area contributed by atoms with Crippen LogP contribution >= 0.6 is 0 Å². The van der Waals surface area contributed by atoms with Crippen molar-refractivity contribution in [1.82, 2.24) is 0 Å². The minimum atomic E-state index is 0.144. The summed E-state index contributed by atoms with van der Waals surface area (Å²) in [6.07, 6.45) is 2.22. The largest absolute Gasteiger partial charge is 0.347 e. The summed E-state index contributed by atoms with van der Waals surface area (Å²) in [4.78, 5) is 2.30. The van der Waals surface area contributed by atoms with Gasteiger partial charge in [0.2, 0.25) is 0 Å². The van der Waals surface area contributed by atoms with Gasteiger partial charge in [-0.3, -0.25) is 0 Å². The van der Waals surface area contributed by atoms with Gasteiger partial charge in [0.25, 0.3) is 0 Å². The number of hydrogen-bond acceptors (Lipinski definition) is 1. The molecule has 0 saturated carbocycles. The Labute approximate surface area is 92.4 Å². The maximum atomic E-state index is 2.31. The molecule has 0 unspecified atom stereocenters. The molecule has 0 atom stereocenters. The topological polar surface area (TPSA) is 3.24 Å². The summed E-state index contributed by atoms with van der Waals surface area (Å²) in [7, 11) is 2.15. The fourth-order valence-electron chi connectivity index (χ4n) is 2.68. The molecule has 80 valence electrons. The van der Waals surface area contributed by atoms with Gasteiger partial charge in [-0.1, -0.05) is 37.6 Å². The van der Waals surface area contributed by atoms with Crippen LogP contribution in [0.25, 0.3) is 0 Å². The molecular weight excluding hydrogens is 182 g/mol. The van der Waals surface area contributed by atoms with Crippen LogP contribution in [0.1, 0.15) is 31.9 Å². The molecule has 0 aliphatic carbocycles. The summed E-state index contributed by atoms with van der Waals surface area (Å²) >= 11 is 0. The van der Waals surface area contributed by atoms with Gasteiger partial charge >= 0.3 is 0 Å². The minimum Gasteiger partial charge on any atom is -0.347 e. The van der Waals surface area contributed by atoms with Gasteiger partial charge in [0, 0.05) is 23.8 Å². The molecule has 0 aromatic heterocycles. The first-order valence-electron chi connectivity index (χ1n) is 5.50. The Kier molecular flexibility index (Phi) is 2.14. The van der Waals surface area contributed by atoms with Crippen LogP contribution in [0.5, 0.6) is 0 Å². The van der Waals surface area contributed by atoms with E-state index in [1.165, 1.54) is 22.5 Å². The van der Waals surface area contributed by atoms with Crippen LogP contribution in [0.3, 0.4) is 0 Å². The van der Waals surface area contributed by atoms with E-state index in [0.29, 0.717) is 0 Å². The second-order valence-corrected chi connectivity index (χ2v) is 4.88. The molecule has 1 heteroatoms. The van der Waals surface area contributed by atoms with Crippen molar-refractivity contribution < 1.29 is 0 Å². The molecule has 1 aromatic carbocycles. The van der Waals surface area contributed by atoms with E-state index >= 15 is 0 Å². The normalized spacial score (nSPS) is 20.9. The first-order chi connectivity index (χ1) is 6.98. The predicted molar refractivity (Wildman–Crippen MR) is 66.4 cm³/mol. The third-order valence-electron chi connectivity index (χ3n) is 3.46. The van der Waals surface area contributed by atoms with Gasteiger partial charge in [0.1, 0.15) is 0 Å². The number of nitrogens with zero attached hydrogens (tertiary/aromatic N) is 1. The lowest BCUT2D eigenvalue weighted by atomic mass is 9.83. The van der Waals surface area contributed by atoms with E-state index in [1.807, 2.05) is 0 Å². The number of rotatable bonds is 0. The Morgan fingerprint density at radius 2 is 1.93 bits per heavy atom. The molecule has 0 radical (unpaired) electrons. The van der Waals surface area contributed by atoms with Crippen LogP contribution in [0.15, 0.2) is 30.0 Å². The molecule has 15 heavy (non-hydrogen) atoms. The SMILES string of the molecule is C/C=C1\N(C)c2ccc(C)cc2C1(C)C. The third-order valence-corrected chi connectivity index (χ3v) is 3.46. The van der Waals surface area contributed by atoms with Gasteiger partial charge in [-0.2, -0.15) is 0 Å². The zero-order valence-electron chi connectivity index (χ0n) is 10.3. The molecule has 1 nitrogen and oxygen atoms in total. The summed E-state index contributed by atoms with van der Waals surface area (Å²) in [5.41, 5.74) is 5.66. The van der Waals surface area contributed by atoms with Gasteiger partial charge < -0.3 is 4.90 Å². The lowest BCUT2D eigenvalue weighted by Crippen LogP contribution is -2.22. The van der Waals surface area contributed by atoms with Crippen LogP contribution < -0.4 is 4.90 Å². The van der Waals surface area contributed by atoms with Crippen molar-refractivity contribution >= 4 is 5.69 Å². The maximum absolute atomic E-state index is 2.31. The van der Waals surface area contributed by atoms with E-state index in [2.05, 4.69) is 63.9 Å². The molecule has 1 aromatic rings. The van der Waals surface area contributed by atoms with Crippen LogP contribution in [-0.2, 0) is 5.41 Å². The zero-order chi connectivity index (χ0) is 11.2. The highest BCUT2D eigenvalue weighted by atomic mass is 15.2. The fourth-order valence-corrected chi connectivity index (χ4v) is 2.68. The minimum absolute atomic E-state index is 0.144. The molecular formula is C14H19N. The first kappa shape index (κ1) is 10.3. The van der Waals surface area contributed by atoms with Crippen molar-refractivity contribution in [3.63, 3.8) is 0 Å². The summed E-state index contributed by atoms with van der Waals surface area (Å²) in [5.74, 6) is 0. The van der Waals surface area contributed by atoms with E-state index < -0.39 is 0 Å². The molecule has 0 amide bonds. The van der Waals surface area contributed by atoms with E-state index in [1.54, 1.807) is 0 Å². The maximum Gasteiger partial charge on any atom is 0.0448 e. The fraction of sp³-hybridized carbons (Fsp3) is 0.429. The standard InChI is InChI=1S/C14H19N/c1-6-13-14(3,4)11-9-10(2)7-8-12(11)15(13)5/h6-9H,1-5H3/b13-6-. The average molecular weight is 201 g/mol. The van der Waals surface area contributed by atoms with Crippen LogP contribution in [0.2, 0.25) is 0 Å². The molecule has 0 N–H and O–H groups in total. The predicted octanol–water partition coefficient (Wildman–Crippen LogP) is 3.63. The van der Waals surface area contributed by atoms with Crippen molar-refractivity contribution in [3.8, 4) is 0 Å². The highest BCUT2D eigenvalue weighted by Gasteiger charge is 2.37. The molecule has 1 aliphatic heterocycles. The second-order valence-electron chi connectivity index (χ2n) is 4.88. The molecule has 1 heterocycles. The van der Waals surface area contributed by atoms with Gasteiger partial charge in [-0.05, 0) is 25.5 Å². The van der Waals surface area contributed by atoms with E-state index in [0.717, 1.165) is 0 Å². The molecule has 0 saturated heterocycles. The third kappa shape index (κ3) is 1.30. The number of aryl methyl sites for hydroxylation is 1. The Morgan fingerprint density at radius 1 is 1.27 bits per heavy atom. The summed E-state index contributed by atoms with van der Waals surface area (Å²) in [6, 6.07) is 6.72. The molecule has 0 fully saturated rings. The molecule has 0 bridgehead atoms. The number of hydrogen-bond donors (Lipinski definition) is 0. The smallest absolute Gasteiger partial charge is 0.0448 e. The lowest BCUT2D eigenvalue weighted by molar-refractivity contribution is 0.638. The monoisotopic (exact) mass is 201 g/mol. The number of anilines is 1. The Bertz CT molecular complexity index is 427. The van der Waals surface area contributed by atoms with Crippen LogP contribution in [0.4, 0.5) is 5.69 Å². The lowest BCUT2D eigenvalue weighted by Gasteiger charge is -2.23. The van der Waals surface area contributed by atoms with Crippen molar-refractivity contribution in [2.45, 2.75) is 33.1 Å². The molecule has 1 aliphatic rings. The number of allylic oxidation sites excluding steroid dienone is 2. The van der Waals surface area contributed by atoms with Gasteiger partial charge in [-0.25, -0.2) is 0 Å². The summed E-state index contributed by atoms with van der Waals surface area (Å²) < 4.78 is 0. The Hall–Kier alpha value is -1.24. The molecule has 0 spiro atoms. The quantitative estimate of drug-likeness (QED) is 0.619. The van der Waals surface area contributed by atoms with Gasteiger partial charge in [0.15, 0.2) is 0 Å². The van der Waals surface area contributed by atoms with Crippen LogP contribution in [-0.4, -0.2) is 7.05 Å². The summed E-state index contributed by atoms with van der Waals surface area (Å²) in [5, 5.41) is 0. The van der Waals surface area contributed by atoms with E-state index in [4.69, 9.17) is 0 Å². The van der Waals surface area contributed by atoms with Crippen LogP contribution in [0, 0.1) is 6.92 Å².